The zero-order chi connectivity index (χ0) is 11.4. The molecule has 0 rings (SSSR count). The third-order valence-corrected chi connectivity index (χ3v) is 1.34. The van der Waals surface area contributed by atoms with Crippen molar-refractivity contribution >= 4 is 12.1 Å². The molecule has 0 heterocycles. The average Bonchev–Trinajstić information content (AvgIpc) is 1.99. The van der Waals surface area contributed by atoms with Crippen LogP contribution in [0.25, 0.3) is 0 Å². The van der Waals surface area contributed by atoms with E-state index < -0.39 is 18.1 Å². The molecule has 1 amide bonds. The Labute approximate surface area is 83.4 Å². The lowest BCUT2D eigenvalue weighted by Gasteiger charge is -2.18. The molecule has 2 N–H and O–H groups in total. The number of hydrogen-bond donors (Lipinski definition) is 2. The van der Waals surface area contributed by atoms with Gasteiger partial charge in [0, 0.05) is 0 Å². The van der Waals surface area contributed by atoms with Gasteiger partial charge in [-0.1, -0.05) is 20.8 Å². The van der Waals surface area contributed by atoms with Crippen LogP contribution in [0.15, 0.2) is 0 Å². The van der Waals surface area contributed by atoms with Crippen molar-refractivity contribution in [1.29, 1.82) is 0 Å². The van der Waals surface area contributed by atoms with Gasteiger partial charge in [-0.15, -0.1) is 0 Å². The van der Waals surface area contributed by atoms with Crippen LogP contribution in [0.3, 0.4) is 0 Å². The molecule has 14 heavy (non-hydrogen) atoms. The van der Waals surface area contributed by atoms with Crippen molar-refractivity contribution in [2.24, 2.45) is 5.41 Å². The monoisotopic (exact) mass is 203 g/mol. The number of carbonyl (C=O) groups is 2. The van der Waals surface area contributed by atoms with Crippen LogP contribution in [0.5, 0.6) is 0 Å². The van der Waals surface area contributed by atoms with Gasteiger partial charge in [0.15, 0.2) is 0 Å². The van der Waals surface area contributed by atoms with Crippen molar-refractivity contribution in [2.75, 3.05) is 6.61 Å². The summed E-state index contributed by atoms with van der Waals surface area (Å²) in [6.07, 6.45) is -0.699. The zero-order valence-electron chi connectivity index (χ0n) is 8.96. The molecule has 0 bridgehead atoms. The molecule has 0 saturated carbocycles. The van der Waals surface area contributed by atoms with E-state index in [-0.39, 0.29) is 12.0 Å². The van der Waals surface area contributed by atoms with Crippen LogP contribution in [-0.4, -0.2) is 29.8 Å². The van der Waals surface area contributed by atoms with E-state index in [1.807, 2.05) is 20.8 Å². The van der Waals surface area contributed by atoms with E-state index in [1.165, 1.54) is 6.92 Å². The smallest absolute Gasteiger partial charge is 0.407 e. The molecule has 0 spiro atoms. The molecule has 5 nitrogen and oxygen atoms in total. The molecule has 5 heteroatoms. The molecule has 1 atom stereocenters. The Morgan fingerprint density at radius 2 is 1.93 bits per heavy atom. The summed E-state index contributed by atoms with van der Waals surface area (Å²) in [5.41, 5.74) is -0.121. The van der Waals surface area contributed by atoms with E-state index in [0.29, 0.717) is 0 Å². The summed E-state index contributed by atoms with van der Waals surface area (Å²) in [4.78, 5) is 21.4. The maximum atomic E-state index is 11.0. The summed E-state index contributed by atoms with van der Waals surface area (Å²) in [6.45, 7) is 7.38. The first kappa shape index (κ1) is 12.7. The van der Waals surface area contributed by atoms with Crippen molar-refractivity contribution < 1.29 is 19.4 Å². The van der Waals surface area contributed by atoms with E-state index in [2.05, 4.69) is 5.32 Å². The van der Waals surface area contributed by atoms with E-state index in [0.717, 1.165) is 0 Å². The first-order chi connectivity index (χ1) is 6.22. The van der Waals surface area contributed by atoms with Gasteiger partial charge in [-0.2, -0.15) is 0 Å². The Bertz CT molecular complexity index is 219. The zero-order valence-corrected chi connectivity index (χ0v) is 8.96. The molecule has 0 aliphatic rings. The van der Waals surface area contributed by atoms with Gasteiger partial charge in [-0.05, 0) is 12.3 Å². The molecule has 0 unspecified atom stereocenters. The molecule has 0 aromatic heterocycles. The van der Waals surface area contributed by atoms with Crippen molar-refractivity contribution in [1.82, 2.24) is 5.32 Å². The highest BCUT2D eigenvalue weighted by Gasteiger charge is 2.17. The predicted molar refractivity (Wildman–Crippen MR) is 51.0 cm³/mol. The molecule has 0 fully saturated rings. The third kappa shape index (κ3) is 6.28. The van der Waals surface area contributed by atoms with Gasteiger partial charge >= 0.3 is 12.1 Å². The fourth-order valence-electron chi connectivity index (χ4n) is 0.562. The molecule has 0 aromatic carbocycles. The number of rotatable bonds is 3. The third-order valence-electron chi connectivity index (χ3n) is 1.34. The lowest BCUT2D eigenvalue weighted by molar-refractivity contribution is -0.138. The number of carboxylic acids is 1. The number of carboxylic acid groups (broad SMARTS) is 1. The van der Waals surface area contributed by atoms with Crippen molar-refractivity contribution in [2.45, 2.75) is 33.7 Å². The molecule has 0 aliphatic carbocycles. The van der Waals surface area contributed by atoms with Gasteiger partial charge in [-0.3, -0.25) is 4.79 Å². The van der Waals surface area contributed by atoms with Gasteiger partial charge in [-0.25, -0.2) is 4.79 Å². The Morgan fingerprint density at radius 3 is 2.29 bits per heavy atom. The lowest BCUT2D eigenvalue weighted by atomic mass is 9.99. The Morgan fingerprint density at radius 1 is 1.43 bits per heavy atom. The number of amides is 1. The Hall–Kier alpha value is -1.26. The second-order valence-electron chi connectivity index (χ2n) is 4.34. The minimum atomic E-state index is -1.09. The number of aliphatic carboxylic acids is 1. The minimum absolute atomic E-state index is 0.121. The standard InChI is InChI=1S/C9H17NO4/c1-6(7(11)12)10-8(13)14-5-9(2,3)4/h6H,5H2,1-4H3,(H,10,13)(H,11,12)/t6-/m0/s1. The van der Waals surface area contributed by atoms with Gasteiger partial charge < -0.3 is 15.2 Å². The van der Waals surface area contributed by atoms with E-state index in [9.17, 15) is 9.59 Å². The van der Waals surface area contributed by atoms with Crippen LogP contribution in [0.2, 0.25) is 0 Å². The van der Waals surface area contributed by atoms with Gasteiger partial charge in [0.1, 0.15) is 6.04 Å². The highest BCUT2D eigenvalue weighted by molar-refractivity contribution is 5.79. The summed E-state index contributed by atoms with van der Waals surface area (Å²) in [5.74, 6) is -1.09. The first-order valence-corrected chi connectivity index (χ1v) is 4.38. The van der Waals surface area contributed by atoms with Crippen LogP contribution >= 0.6 is 0 Å². The highest BCUT2D eigenvalue weighted by Crippen LogP contribution is 2.12. The molecule has 82 valence electrons. The van der Waals surface area contributed by atoms with Crippen LogP contribution in [0.1, 0.15) is 27.7 Å². The first-order valence-electron chi connectivity index (χ1n) is 4.38. The van der Waals surface area contributed by atoms with Gasteiger partial charge in [0.2, 0.25) is 0 Å². The normalized spacial score (nSPS) is 13.1. The molecular formula is C9H17NO4. The van der Waals surface area contributed by atoms with E-state index >= 15 is 0 Å². The minimum Gasteiger partial charge on any atom is -0.480 e. The molecule has 0 radical (unpaired) electrons. The fraction of sp³-hybridized carbons (Fsp3) is 0.778. The summed E-state index contributed by atoms with van der Waals surface area (Å²) in [5, 5.41) is 10.7. The molecule has 0 saturated heterocycles. The van der Waals surface area contributed by atoms with Crippen LogP contribution < -0.4 is 5.32 Å². The molecular weight excluding hydrogens is 186 g/mol. The van der Waals surface area contributed by atoms with Crippen LogP contribution in [0, 0.1) is 5.41 Å². The molecule has 0 aromatic rings. The van der Waals surface area contributed by atoms with Crippen LogP contribution in [-0.2, 0) is 9.53 Å². The van der Waals surface area contributed by atoms with E-state index in [4.69, 9.17) is 9.84 Å². The number of nitrogens with one attached hydrogen (secondary N) is 1. The van der Waals surface area contributed by atoms with E-state index in [1.54, 1.807) is 0 Å². The van der Waals surface area contributed by atoms with Gasteiger partial charge in [0.05, 0.1) is 6.61 Å². The van der Waals surface area contributed by atoms with Crippen LogP contribution in [0.4, 0.5) is 4.79 Å². The predicted octanol–water partition coefficient (Wildman–Crippen LogP) is 1.23. The fourth-order valence-corrected chi connectivity index (χ4v) is 0.562. The quantitative estimate of drug-likeness (QED) is 0.723. The van der Waals surface area contributed by atoms with Crippen molar-refractivity contribution in [3.63, 3.8) is 0 Å². The Balaban J connectivity index is 3.83. The summed E-state index contributed by atoms with van der Waals surface area (Å²) in [6, 6.07) is -0.928. The average molecular weight is 203 g/mol. The second kappa shape index (κ2) is 4.83. The van der Waals surface area contributed by atoms with Gasteiger partial charge in [0.25, 0.3) is 0 Å². The number of carbonyl (C=O) groups excluding carboxylic acids is 1. The SMILES string of the molecule is C[C@H](NC(=O)OCC(C)(C)C)C(=O)O. The topological polar surface area (TPSA) is 75.6 Å². The summed E-state index contributed by atoms with van der Waals surface area (Å²) >= 11 is 0. The van der Waals surface area contributed by atoms with Crippen molar-refractivity contribution in [3.05, 3.63) is 0 Å². The number of alkyl carbamates (subject to hydrolysis) is 1. The van der Waals surface area contributed by atoms with Crippen molar-refractivity contribution in [3.8, 4) is 0 Å². The Kier molecular flexibility index (Phi) is 4.40. The number of hydrogen-bond acceptors (Lipinski definition) is 3. The maximum absolute atomic E-state index is 11.0. The summed E-state index contributed by atoms with van der Waals surface area (Å²) < 4.78 is 4.81. The lowest BCUT2D eigenvalue weighted by Crippen LogP contribution is -2.39. The second-order valence-corrected chi connectivity index (χ2v) is 4.34. The largest absolute Gasteiger partial charge is 0.480 e. The maximum Gasteiger partial charge on any atom is 0.407 e. The summed E-state index contributed by atoms with van der Waals surface area (Å²) in [7, 11) is 0. The molecule has 0 aliphatic heterocycles. The highest BCUT2D eigenvalue weighted by atomic mass is 16.5. The number of ether oxygens (including phenoxy) is 1.